The van der Waals surface area contributed by atoms with Crippen molar-refractivity contribution in [3.8, 4) is 0 Å². The van der Waals surface area contributed by atoms with Crippen LogP contribution in [-0.4, -0.2) is 22.0 Å². The summed E-state index contributed by atoms with van der Waals surface area (Å²) in [4.78, 5) is 1.06. The Hall–Kier alpha value is -0.730. The lowest BCUT2D eigenvalue weighted by atomic mass is 10.2. The van der Waals surface area contributed by atoms with Gasteiger partial charge in [-0.2, -0.15) is 0 Å². The van der Waals surface area contributed by atoms with Crippen LogP contribution in [0.4, 0.5) is 0 Å². The molecule has 0 unspecified atom stereocenters. The van der Waals surface area contributed by atoms with E-state index >= 15 is 0 Å². The van der Waals surface area contributed by atoms with E-state index in [-0.39, 0.29) is 0 Å². The summed E-state index contributed by atoms with van der Waals surface area (Å²) in [7, 11) is -1.56. The van der Waals surface area contributed by atoms with Crippen molar-refractivity contribution in [2.45, 2.75) is 17.2 Å². The molecular weight excluding hydrogens is 372 g/mol. The van der Waals surface area contributed by atoms with Crippen LogP contribution in [0, 0.1) is 0 Å². The predicted molar refractivity (Wildman–Crippen MR) is 90.1 cm³/mol. The van der Waals surface area contributed by atoms with Gasteiger partial charge in [-0.25, -0.2) is 13.1 Å². The summed E-state index contributed by atoms with van der Waals surface area (Å²) in [6.45, 7) is 1.13. The van der Waals surface area contributed by atoms with Gasteiger partial charge < -0.3 is 5.32 Å². The van der Waals surface area contributed by atoms with Gasteiger partial charge in [-0.15, -0.1) is 11.3 Å². The summed E-state index contributed by atoms with van der Waals surface area (Å²) in [6, 6.07) is 11.1. The zero-order chi connectivity index (χ0) is 15.3. The van der Waals surface area contributed by atoms with Gasteiger partial charge >= 0.3 is 0 Å². The van der Waals surface area contributed by atoms with Gasteiger partial charge in [0.05, 0.1) is 0 Å². The van der Waals surface area contributed by atoms with Crippen molar-refractivity contribution in [2.75, 3.05) is 13.6 Å². The van der Waals surface area contributed by atoms with Crippen LogP contribution in [0.5, 0.6) is 0 Å². The van der Waals surface area contributed by atoms with Crippen LogP contribution in [0.2, 0.25) is 0 Å². The Bertz CT molecular complexity index is 681. The van der Waals surface area contributed by atoms with Crippen LogP contribution in [-0.2, 0) is 23.0 Å². The molecule has 7 heteroatoms. The van der Waals surface area contributed by atoms with Crippen molar-refractivity contribution in [1.82, 2.24) is 10.0 Å². The number of hydrogen-bond acceptors (Lipinski definition) is 4. The molecule has 0 aliphatic carbocycles. The normalized spacial score (nSPS) is 11.7. The summed E-state index contributed by atoms with van der Waals surface area (Å²) in [5.74, 6) is 0. The number of benzene rings is 1. The zero-order valence-electron chi connectivity index (χ0n) is 11.6. The molecule has 0 saturated heterocycles. The predicted octanol–water partition coefficient (Wildman–Crippen LogP) is 2.75. The maximum absolute atomic E-state index is 12.2. The van der Waals surface area contributed by atoms with Gasteiger partial charge in [-0.3, -0.25) is 0 Å². The second kappa shape index (κ2) is 7.51. The molecule has 0 fully saturated rings. The fourth-order valence-corrected chi connectivity index (χ4v) is 4.42. The third-order valence-corrected chi connectivity index (χ3v) is 6.47. The van der Waals surface area contributed by atoms with E-state index in [4.69, 9.17) is 0 Å². The van der Waals surface area contributed by atoms with Crippen LogP contribution >= 0.6 is 27.3 Å². The third kappa shape index (κ3) is 4.89. The molecule has 1 aromatic heterocycles. The molecule has 0 bridgehead atoms. The highest BCUT2D eigenvalue weighted by atomic mass is 79.9. The summed E-state index contributed by atoms with van der Waals surface area (Å²) in [6.07, 6.45) is 0.837. The van der Waals surface area contributed by atoms with Crippen molar-refractivity contribution in [3.05, 3.63) is 51.3 Å². The van der Waals surface area contributed by atoms with E-state index in [0.717, 1.165) is 27.9 Å². The van der Waals surface area contributed by atoms with Crippen LogP contribution < -0.4 is 10.0 Å². The third-order valence-electron chi connectivity index (χ3n) is 2.90. The number of rotatable bonds is 7. The molecule has 0 aliphatic heterocycles. The van der Waals surface area contributed by atoms with E-state index in [9.17, 15) is 8.42 Å². The van der Waals surface area contributed by atoms with E-state index in [1.165, 1.54) is 11.3 Å². The van der Waals surface area contributed by atoms with E-state index in [2.05, 4.69) is 26.0 Å². The Balaban J connectivity index is 2.00. The SMILES string of the molecule is CNCCc1ccc(S(=O)(=O)NCc2ccc(Br)cc2)s1. The molecule has 2 N–H and O–H groups in total. The fourth-order valence-electron chi connectivity index (χ4n) is 1.74. The highest BCUT2D eigenvalue weighted by Crippen LogP contribution is 2.22. The van der Waals surface area contributed by atoms with Gasteiger partial charge in [-0.1, -0.05) is 28.1 Å². The van der Waals surface area contributed by atoms with Gasteiger partial charge in [0.1, 0.15) is 4.21 Å². The molecule has 0 radical (unpaired) electrons. The van der Waals surface area contributed by atoms with Crippen LogP contribution in [0.3, 0.4) is 0 Å². The number of halogens is 1. The average Bonchev–Trinajstić information content (AvgIpc) is 2.94. The first-order valence-corrected chi connectivity index (χ1v) is 9.58. The van der Waals surface area contributed by atoms with Crippen molar-refractivity contribution in [1.29, 1.82) is 0 Å². The first kappa shape index (κ1) is 16.6. The molecule has 1 aromatic carbocycles. The van der Waals surface area contributed by atoms with Gasteiger partial charge in [0.25, 0.3) is 0 Å². The zero-order valence-corrected chi connectivity index (χ0v) is 14.8. The average molecular weight is 389 g/mol. The van der Waals surface area contributed by atoms with Crippen molar-refractivity contribution in [3.63, 3.8) is 0 Å². The van der Waals surface area contributed by atoms with E-state index in [0.29, 0.717) is 10.8 Å². The monoisotopic (exact) mass is 388 g/mol. The van der Waals surface area contributed by atoms with Gasteiger partial charge in [0.15, 0.2) is 0 Å². The molecule has 2 rings (SSSR count). The van der Waals surface area contributed by atoms with Gasteiger partial charge in [-0.05, 0) is 49.8 Å². The largest absolute Gasteiger partial charge is 0.319 e. The minimum absolute atomic E-state index is 0.291. The van der Waals surface area contributed by atoms with Crippen molar-refractivity contribution < 1.29 is 8.42 Å². The molecule has 1 heterocycles. The smallest absolute Gasteiger partial charge is 0.250 e. The lowest BCUT2D eigenvalue weighted by molar-refractivity contribution is 0.583. The number of nitrogens with one attached hydrogen (secondary N) is 2. The minimum atomic E-state index is -3.44. The fraction of sp³-hybridized carbons (Fsp3) is 0.286. The number of thiophene rings is 1. The summed E-state index contributed by atoms with van der Waals surface area (Å²) in [5, 5.41) is 3.05. The number of sulfonamides is 1. The molecule has 0 aliphatic rings. The van der Waals surface area contributed by atoms with E-state index in [1.54, 1.807) is 6.07 Å². The highest BCUT2D eigenvalue weighted by molar-refractivity contribution is 9.10. The summed E-state index contributed by atoms with van der Waals surface area (Å²) >= 11 is 4.67. The Morgan fingerprint density at radius 3 is 2.52 bits per heavy atom. The van der Waals surface area contributed by atoms with Crippen LogP contribution in [0.25, 0.3) is 0 Å². The van der Waals surface area contributed by atoms with Crippen LogP contribution in [0.1, 0.15) is 10.4 Å². The molecule has 0 atom stereocenters. The summed E-state index contributed by atoms with van der Waals surface area (Å²) in [5.41, 5.74) is 0.925. The second-order valence-corrected chi connectivity index (χ2v) is 8.60. The lowest BCUT2D eigenvalue weighted by Gasteiger charge is -2.05. The topological polar surface area (TPSA) is 58.2 Å². The quantitative estimate of drug-likeness (QED) is 0.766. The van der Waals surface area contributed by atoms with Gasteiger partial charge in [0, 0.05) is 15.9 Å². The maximum atomic E-state index is 12.2. The maximum Gasteiger partial charge on any atom is 0.250 e. The first-order valence-electron chi connectivity index (χ1n) is 6.49. The van der Waals surface area contributed by atoms with Crippen LogP contribution in [0.15, 0.2) is 45.1 Å². The summed E-state index contributed by atoms with van der Waals surface area (Å²) < 4.78 is 28.4. The molecule has 0 saturated carbocycles. The number of hydrogen-bond donors (Lipinski definition) is 2. The Morgan fingerprint density at radius 2 is 1.86 bits per heavy atom. The van der Waals surface area contributed by atoms with Crippen molar-refractivity contribution >= 4 is 37.3 Å². The standard InChI is InChI=1S/C14H17BrN2O2S2/c1-16-9-8-13-6-7-14(20-13)21(18,19)17-10-11-2-4-12(15)5-3-11/h2-7,16-17H,8-10H2,1H3. The lowest BCUT2D eigenvalue weighted by Crippen LogP contribution is -2.22. The molecule has 2 aromatic rings. The van der Waals surface area contributed by atoms with E-state index in [1.807, 2.05) is 37.4 Å². The molecule has 4 nitrogen and oxygen atoms in total. The molecule has 21 heavy (non-hydrogen) atoms. The minimum Gasteiger partial charge on any atom is -0.319 e. The Kier molecular flexibility index (Phi) is 5.95. The second-order valence-electron chi connectivity index (χ2n) is 4.53. The molecular formula is C14H17BrN2O2S2. The molecule has 0 amide bonds. The van der Waals surface area contributed by atoms with Crippen molar-refractivity contribution in [2.24, 2.45) is 0 Å². The molecule has 0 spiro atoms. The highest BCUT2D eigenvalue weighted by Gasteiger charge is 2.16. The Morgan fingerprint density at radius 1 is 1.14 bits per heavy atom. The molecule has 114 valence electrons. The van der Waals surface area contributed by atoms with Gasteiger partial charge in [0.2, 0.25) is 10.0 Å². The first-order chi connectivity index (χ1) is 10.0. The Labute approximate surface area is 137 Å². The van der Waals surface area contributed by atoms with E-state index < -0.39 is 10.0 Å². The number of likely N-dealkylation sites (N-methyl/N-ethyl adjacent to an activating group) is 1.